The van der Waals surface area contributed by atoms with Crippen molar-refractivity contribution in [1.29, 1.82) is 0 Å². The van der Waals surface area contributed by atoms with Crippen molar-refractivity contribution in [1.82, 2.24) is 0 Å². The topological polar surface area (TPSA) is 69.9 Å². The third kappa shape index (κ3) is 1.09. The highest BCUT2D eigenvalue weighted by atomic mass is 16.6. The van der Waals surface area contributed by atoms with Crippen molar-refractivity contribution in [2.24, 2.45) is 0 Å². The fourth-order valence-corrected chi connectivity index (χ4v) is 0.685. The van der Waals surface area contributed by atoms with Crippen molar-refractivity contribution in [2.45, 2.75) is 24.5 Å². The molecule has 1 heterocycles. The molecule has 1 aliphatic heterocycles. The van der Waals surface area contributed by atoms with Crippen LogP contribution in [0, 0.1) is 0 Å². The summed E-state index contributed by atoms with van der Waals surface area (Å²) in [4.78, 5) is 0. The molecule has 0 spiro atoms. The molecule has 9 heavy (non-hydrogen) atoms. The van der Waals surface area contributed by atoms with E-state index in [-0.39, 0.29) is 0 Å². The molecule has 5 heteroatoms. The minimum Gasteiger partial charge on any atom is -0.388 e. The maximum absolute atomic E-state index is 8.78. The van der Waals surface area contributed by atoms with Crippen LogP contribution in [0.25, 0.3) is 0 Å². The zero-order valence-electron chi connectivity index (χ0n) is 4.64. The molecule has 0 bridgehead atoms. The standard InChI is InChI=1S/C4H7BO4/c5-3-1(6)2(7)4(8)9-3/h1-4,6-8H/t1?,2?,3-,4-/m0/s1. The summed E-state index contributed by atoms with van der Waals surface area (Å²) in [5.74, 6) is 0. The monoisotopic (exact) mass is 130 g/mol. The number of rotatable bonds is 0. The summed E-state index contributed by atoms with van der Waals surface area (Å²) in [5.41, 5.74) is 0. The first kappa shape index (κ1) is 7.02. The summed E-state index contributed by atoms with van der Waals surface area (Å²) in [6.45, 7) is 0. The van der Waals surface area contributed by atoms with Crippen molar-refractivity contribution in [3.05, 3.63) is 0 Å². The van der Waals surface area contributed by atoms with Gasteiger partial charge in [0, 0.05) is 6.00 Å². The normalized spacial score (nSPS) is 51.9. The number of hydrogen-bond donors (Lipinski definition) is 3. The number of aliphatic hydroxyl groups excluding tert-OH is 3. The van der Waals surface area contributed by atoms with Gasteiger partial charge < -0.3 is 20.1 Å². The minimum absolute atomic E-state index is 0.977. The van der Waals surface area contributed by atoms with Gasteiger partial charge in [-0.2, -0.15) is 0 Å². The summed E-state index contributed by atoms with van der Waals surface area (Å²) >= 11 is 0. The van der Waals surface area contributed by atoms with Gasteiger partial charge in [0.2, 0.25) is 0 Å². The maximum atomic E-state index is 8.78. The first-order valence-corrected chi connectivity index (χ1v) is 2.58. The molecule has 0 saturated carbocycles. The molecule has 0 aliphatic carbocycles. The van der Waals surface area contributed by atoms with E-state index in [1.54, 1.807) is 0 Å². The van der Waals surface area contributed by atoms with E-state index in [1.807, 2.05) is 0 Å². The second-order valence-electron chi connectivity index (χ2n) is 1.97. The van der Waals surface area contributed by atoms with Gasteiger partial charge in [0.05, 0.1) is 0 Å². The third-order valence-electron chi connectivity index (χ3n) is 1.28. The number of ether oxygens (including phenoxy) is 1. The average molecular weight is 130 g/mol. The average Bonchev–Trinajstić information content (AvgIpc) is 1.98. The molecule has 4 nitrogen and oxygen atoms in total. The molecule has 2 radical (unpaired) electrons. The van der Waals surface area contributed by atoms with Crippen molar-refractivity contribution in [3.63, 3.8) is 0 Å². The number of hydrogen-bond acceptors (Lipinski definition) is 4. The van der Waals surface area contributed by atoms with Crippen LogP contribution in [-0.4, -0.2) is 47.7 Å². The van der Waals surface area contributed by atoms with Gasteiger partial charge in [-0.3, -0.25) is 0 Å². The van der Waals surface area contributed by atoms with E-state index in [4.69, 9.17) is 23.2 Å². The largest absolute Gasteiger partial charge is 0.388 e. The van der Waals surface area contributed by atoms with E-state index in [0.717, 1.165) is 0 Å². The van der Waals surface area contributed by atoms with Gasteiger partial charge in [0.25, 0.3) is 0 Å². The Labute approximate surface area is 53.5 Å². The van der Waals surface area contributed by atoms with Crippen LogP contribution in [0.5, 0.6) is 0 Å². The molecular formula is C4H7BO4. The summed E-state index contributed by atoms with van der Waals surface area (Å²) in [6.07, 6.45) is -3.81. The SMILES string of the molecule is [B][C@H]1O[C@H](O)C(O)C1O. The van der Waals surface area contributed by atoms with Gasteiger partial charge in [0.15, 0.2) is 6.29 Å². The first-order valence-electron chi connectivity index (χ1n) is 2.58. The molecule has 3 N–H and O–H groups in total. The molecule has 1 rings (SSSR count). The third-order valence-corrected chi connectivity index (χ3v) is 1.28. The lowest BCUT2D eigenvalue weighted by Gasteiger charge is -2.07. The van der Waals surface area contributed by atoms with Crippen LogP contribution in [0.1, 0.15) is 0 Å². The van der Waals surface area contributed by atoms with E-state index >= 15 is 0 Å². The zero-order valence-corrected chi connectivity index (χ0v) is 4.64. The van der Waals surface area contributed by atoms with E-state index in [1.165, 1.54) is 0 Å². The Hall–Kier alpha value is -0.0951. The molecule has 0 aromatic rings. The van der Waals surface area contributed by atoms with Gasteiger partial charge in [-0.1, -0.05) is 0 Å². The lowest BCUT2D eigenvalue weighted by Crippen LogP contribution is -2.32. The molecule has 0 aromatic carbocycles. The Kier molecular flexibility index (Phi) is 1.76. The van der Waals surface area contributed by atoms with Gasteiger partial charge in [-0.15, -0.1) is 0 Å². The van der Waals surface area contributed by atoms with Crippen molar-refractivity contribution in [3.8, 4) is 0 Å². The molecule has 1 fully saturated rings. The van der Waals surface area contributed by atoms with Crippen molar-refractivity contribution >= 4 is 7.85 Å². The summed E-state index contributed by atoms with van der Waals surface area (Å²) < 4.78 is 4.42. The molecule has 2 unspecified atom stereocenters. The quantitative estimate of drug-likeness (QED) is 0.318. The van der Waals surface area contributed by atoms with E-state index in [9.17, 15) is 0 Å². The Morgan fingerprint density at radius 3 is 1.78 bits per heavy atom. The molecule has 0 amide bonds. The lowest BCUT2D eigenvalue weighted by molar-refractivity contribution is -0.116. The van der Waals surface area contributed by atoms with E-state index in [0.29, 0.717) is 0 Å². The first-order chi connectivity index (χ1) is 4.13. The molecule has 1 saturated heterocycles. The van der Waals surface area contributed by atoms with Crippen LogP contribution in [-0.2, 0) is 4.74 Å². The van der Waals surface area contributed by atoms with Gasteiger partial charge >= 0.3 is 0 Å². The van der Waals surface area contributed by atoms with Crippen molar-refractivity contribution < 1.29 is 20.1 Å². The van der Waals surface area contributed by atoms with E-state index < -0.39 is 24.5 Å². The molecule has 0 aromatic heterocycles. The minimum atomic E-state index is -1.35. The lowest BCUT2D eigenvalue weighted by atomic mass is 9.94. The zero-order chi connectivity index (χ0) is 7.02. The van der Waals surface area contributed by atoms with Gasteiger partial charge in [-0.25, -0.2) is 0 Å². The Morgan fingerprint density at radius 2 is 1.67 bits per heavy atom. The van der Waals surface area contributed by atoms with Crippen molar-refractivity contribution in [2.75, 3.05) is 0 Å². The summed E-state index contributed by atoms with van der Waals surface area (Å²) in [7, 11) is 5.07. The fraction of sp³-hybridized carbons (Fsp3) is 1.00. The van der Waals surface area contributed by atoms with Crippen LogP contribution < -0.4 is 0 Å². The fourth-order valence-electron chi connectivity index (χ4n) is 0.685. The molecule has 4 atom stereocenters. The smallest absolute Gasteiger partial charge is 0.182 e. The van der Waals surface area contributed by atoms with Crippen LogP contribution in [0.2, 0.25) is 0 Å². The predicted molar refractivity (Wildman–Crippen MR) is 28.6 cm³/mol. The van der Waals surface area contributed by atoms with Crippen LogP contribution >= 0.6 is 0 Å². The van der Waals surface area contributed by atoms with Crippen LogP contribution in [0.15, 0.2) is 0 Å². The highest BCUT2D eigenvalue weighted by Crippen LogP contribution is 2.16. The molecule has 50 valence electrons. The van der Waals surface area contributed by atoms with Gasteiger partial charge in [-0.05, 0) is 0 Å². The van der Waals surface area contributed by atoms with Gasteiger partial charge in [0.1, 0.15) is 20.1 Å². The predicted octanol–water partition coefficient (Wildman–Crippen LogP) is -2.45. The summed E-state index contributed by atoms with van der Waals surface area (Å²) in [5, 5.41) is 26.1. The highest BCUT2D eigenvalue weighted by Gasteiger charge is 2.38. The molecular weight excluding hydrogens is 123 g/mol. The Balaban J connectivity index is 2.54. The van der Waals surface area contributed by atoms with Crippen LogP contribution in [0.3, 0.4) is 0 Å². The maximum Gasteiger partial charge on any atom is 0.182 e. The second kappa shape index (κ2) is 2.26. The Morgan fingerprint density at radius 1 is 1.11 bits per heavy atom. The Bertz CT molecular complexity index is 96.7. The second-order valence-corrected chi connectivity index (χ2v) is 1.97. The summed E-state index contributed by atoms with van der Waals surface area (Å²) in [6, 6.07) is -0.977. The van der Waals surface area contributed by atoms with E-state index in [2.05, 4.69) is 4.74 Å². The molecule has 1 aliphatic rings. The highest BCUT2D eigenvalue weighted by molar-refractivity contribution is 6.11. The van der Waals surface area contributed by atoms with Crippen LogP contribution in [0.4, 0.5) is 0 Å². The number of aliphatic hydroxyl groups is 3.